The highest BCUT2D eigenvalue weighted by molar-refractivity contribution is 6.02. The number of carbonyl (C=O) groups is 1. The van der Waals surface area contributed by atoms with E-state index in [0.717, 1.165) is 30.8 Å². The number of anilines is 3. The summed E-state index contributed by atoms with van der Waals surface area (Å²) in [5.41, 5.74) is 3.07. The summed E-state index contributed by atoms with van der Waals surface area (Å²) in [4.78, 5) is 17.2. The van der Waals surface area contributed by atoms with Crippen LogP contribution in [0.5, 0.6) is 0 Å². The number of hydrogen-bond donors (Lipinski definition) is 2. The Balaban J connectivity index is 1.44. The fraction of sp³-hybridized carbons (Fsp3) is 0.292. The van der Waals surface area contributed by atoms with Crippen molar-refractivity contribution in [3.05, 3.63) is 71.1 Å². The summed E-state index contributed by atoms with van der Waals surface area (Å²) in [5.74, 6) is 0.0359. The lowest BCUT2D eigenvalue weighted by Gasteiger charge is -2.24. The lowest BCUT2D eigenvalue weighted by Crippen LogP contribution is -2.31. The second-order valence-electron chi connectivity index (χ2n) is 8.31. The van der Waals surface area contributed by atoms with E-state index in [1.54, 1.807) is 30.3 Å². The summed E-state index contributed by atoms with van der Waals surface area (Å²) in [7, 11) is 4.21. The van der Waals surface area contributed by atoms with Crippen molar-refractivity contribution in [2.75, 3.05) is 42.6 Å². The Bertz CT molecular complexity index is 1090. The van der Waals surface area contributed by atoms with E-state index in [1.165, 1.54) is 0 Å². The third kappa shape index (κ3) is 4.62. The molecule has 1 saturated heterocycles. The minimum Gasteiger partial charge on any atom is -0.733 e. The molecule has 4 rings (SSSR count). The van der Waals surface area contributed by atoms with E-state index in [4.69, 9.17) is 4.42 Å². The van der Waals surface area contributed by atoms with Gasteiger partial charge in [-0.05, 0) is 81.5 Å². The van der Waals surface area contributed by atoms with Gasteiger partial charge in [0.2, 0.25) is 0 Å². The first-order chi connectivity index (χ1) is 15.3. The quantitative estimate of drug-likeness (QED) is 0.556. The summed E-state index contributed by atoms with van der Waals surface area (Å²) >= 11 is 0. The van der Waals surface area contributed by atoms with Crippen molar-refractivity contribution in [2.24, 2.45) is 0 Å². The van der Waals surface area contributed by atoms with Crippen LogP contribution in [0.25, 0.3) is 11.3 Å². The number of aryl methyl sites for hydroxylation is 1. The molecule has 0 bridgehead atoms. The third-order valence-corrected chi connectivity index (χ3v) is 5.84. The molecule has 0 spiro atoms. The van der Waals surface area contributed by atoms with Crippen LogP contribution in [0.1, 0.15) is 22.5 Å². The minimum absolute atomic E-state index is 0.0558. The Kier molecular flexibility index (Phi) is 6.18. The Labute approximate surface area is 187 Å². The van der Waals surface area contributed by atoms with Crippen molar-refractivity contribution < 1.29 is 14.4 Å². The molecule has 2 N–H and O–H groups in total. The zero-order chi connectivity index (χ0) is 22.8. The molecule has 1 atom stereocenters. The molecule has 0 aliphatic carbocycles. The summed E-state index contributed by atoms with van der Waals surface area (Å²) in [5, 5.41) is 23.5. The van der Waals surface area contributed by atoms with Crippen LogP contribution in [0.15, 0.2) is 59.0 Å². The van der Waals surface area contributed by atoms with Crippen LogP contribution < -0.4 is 15.4 Å². The highest BCUT2D eigenvalue weighted by atomic mass is 16.8. The molecule has 1 amide bonds. The van der Waals surface area contributed by atoms with Gasteiger partial charge >= 0.3 is 0 Å². The zero-order valence-electron chi connectivity index (χ0n) is 18.4. The first-order valence-corrected chi connectivity index (χ1v) is 10.5. The SMILES string of the molecule is Cc1ccc(-c2ccc(C(=O)Nc3ccc(N4CCC(N(C)C)C4)cc3)o2)c(N([O-])O)c1. The minimum atomic E-state index is -0.394. The molecule has 1 fully saturated rings. The maximum Gasteiger partial charge on any atom is 0.291 e. The molecule has 0 saturated carbocycles. The molecule has 1 aliphatic heterocycles. The topological polar surface area (TPSA) is 95.3 Å². The van der Waals surface area contributed by atoms with E-state index in [1.807, 2.05) is 31.2 Å². The van der Waals surface area contributed by atoms with Gasteiger partial charge in [0.15, 0.2) is 5.76 Å². The summed E-state index contributed by atoms with van der Waals surface area (Å²) < 4.78 is 5.67. The monoisotopic (exact) mass is 435 g/mol. The van der Waals surface area contributed by atoms with Gasteiger partial charge in [0.25, 0.3) is 5.91 Å². The predicted octanol–water partition coefficient (Wildman–Crippen LogP) is 4.34. The normalized spacial score (nSPS) is 15.9. The van der Waals surface area contributed by atoms with Gasteiger partial charge in [-0.25, -0.2) is 0 Å². The lowest BCUT2D eigenvalue weighted by molar-refractivity contribution is 0.0997. The molecule has 0 radical (unpaired) electrons. The van der Waals surface area contributed by atoms with Crippen LogP contribution in [0.2, 0.25) is 0 Å². The second-order valence-corrected chi connectivity index (χ2v) is 8.31. The second kappa shape index (κ2) is 9.04. The van der Waals surface area contributed by atoms with E-state index in [9.17, 15) is 15.2 Å². The van der Waals surface area contributed by atoms with Gasteiger partial charge in [-0.15, -0.1) is 0 Å². The number of likely N-dealkylation sites (N-methyl/N-ethyl adjacent to an activating group) is 1. The lowest BCUT2D eigenvalue weighted by atomic mass is 10.1. The molecule has 168 valence electrons. The molecule has 1 aliphatic rings. The Morgan fingerprint density at radius 2 is 1.91 bits per heavy atom. The zero-order valence-corrected chi connectivity index (χ0v) is 18.4. The number of nitrogens with one attached hydrogen (secondary N) is 1. The molecule has 8 nitrogen and oxygen atoms in total. The number of hydrogen-bond acceptors (Lipinski definition) is 7. The van der Waals surface area contributed by atoms with Gasteiger partial charge in [0.1, 0.15) is 5.76 Å². The first kappa shape index (κ1) is 21.9. The predicted molar refractivity (Wildman–Crippen MR) is 125 cm³/mol. The fourth-order valence-electron chi connectivity index (χ4n) is 3.96. The average Bonchev–Trinajstić information content (AvgIpc) is 3.44. The molecular formula is C24H27N4O4-. The van der Waals surface area contributed by atoms with Crippen LogP contribution in [0.4, 0.5) is 17.1 Å². The average molecular weight is 436 g/mol. The van der Waals surface area contributed by atoms with Crippen molar-refractivity contribution in [1.82, 2.24) is 4.90 Å². The largest absolute Gasteiger partial charge is 0.733 e. The maximum absolute atomic E-state index is 12.6. The molecule has 2 heterocycles. The molecule has 1 aromatic heterocycles. The highest BCUT2D eigenvalue weighted by Gasteiger charge is 2.24. The maximum atomic E-state index is 12.6. The van der Waals surface area contributed by atoms with Gasteiger partial charge in [-0.2, -0.15) is 0 Å². The van der Waals surface area contributed by atoms with E-state index in [-0.39, 0.29) is 16.7 Å². The van der Waals surface area contributed by atoms with E-state index >= 15 is 0 Å². The Morgan fingerprint density at radius 3 is 2.56 bits per heavy atom. The standard InChI is InChI=1S/C24H27N4O4/c1-16-4-9-20(21(14-16)28(30)31)22-10-11-23(32-22)24(29)25-17-5-7-18(8-6-17)27-13-12-19(15-27)26(2)3/h4-11,14,19,30H,12-13,15H2,1-3H3,(H,25,29)/q-1. The fourth-order valence-corrected chi connectivity index (χ4v) is 3.96. The molecule has 8 heteroatoms. The number of nitrogens with zero attached hydrogens (tertiary/aromatic N) is 3. The Morgan fingerprint density at radius 1 is 1.16 bits per heavy atom. The molecule has 2 aromatic carbocycles. The summed E-state index contributed by atoms with van der Waals surface area (Å²) in [6, 6.07) is 16.5. The van der Waals surface area contributed by atoms with Crippen molar-refractivity contribution in [1.29, 1.82) is 0 Å². The van der Waals surface area contributed by atoms with Crippen molar-refractivity contribution in [3.8, 4) is 11.3 Å². The third-order valence-electron chi connectivity index (χ3n) is 5.84. The number of amides is 1. The van der Waals surface area contributed by atoms with E-state index in [0.29, 0.717) is 23.1 Å². The van der Waals surface area contributed by atoms with E-state index in [2.05, 4.69) is 29.2 Å². The Hall–Kier alpha value is -3.33. The van der Waals surface area contributed by atoms with Crippen molar-refractivity contribution >= 4 is 23.0 Å². The molecule has 1 unspecified atom stereocenters. The number of benzene rings is 2. The van der Waals surface area contributed by atoms with Gasteiger partial charge in [-0.1, -0.05) is 6.07 Å². The highest BCUT2D eigenvalue weighted by Crippen LogP contribution is 2.32. The first-order valence-electron chi connectivity index (χ1n) is 10.5. The van der Waals surface area contributed by atoms with Crippen LogP contribution >= 0.6 is 0 Å². The van der Waals surface area contributed by atoms with Crippen LogP contribution in [-0.2, 0) is 0 Å². The van der Waals surface area contributed by atoms with Crippen molar-refractivity contribution in [2.45, 2.75) is 19.4 Å². The number of furan rings is 1. The van der Waals surface area contributed by atoms with Gasteiger partial charge in [-0.3, -0.25) is 10.0 Å². The van der Waals surface area contributed by atoms with Gasteiger partial charge < -0.3 is 30.0 Å². The van der Waals surface area contributed by atoms with Crippen LogP contribution in [0.3, 0.4) is 0 Å². The van der Waals surface area contributed by atoms with Gasteiger partial charge in [0.05, 0.1) is 5.69 Å². The smallest absolute Gasteiger partial charge is 0.291 e. The summed E-state index contributed by atoms with van der Waals surface area (Å²) in [6.07, 6.45) is 1.13. The summed E-state index contributed by atoms with van der Waals surface area (Å²) in [6.45, 7) is 3.82. The molecular weight excluding hydrogens is 408 g/mol. The van der Waals surface area contributed by atoms with E-state index < -0.39 is 5.91 Å². The molecule has 3 aromatic rings. The number of carbonyl (C=O) groups excluding carboxylic acids is 1. The van der Waals surface area contributed by atoms with Crippen LogP contribution in [-0.4, -0.2) is 49.2 Å². The van der Waals surface area contributed by atoms with Crippen LogP contribution in [0, 0.1) is 12.1 Å². The molecule has 32 heavy (non-hydrogen) atoms. The van der Waals surface area contributed by atoms with Crippen molar-refractivity contribution in [3.63, 3.8) is 0 Å². The number of rotatable bonds is 6. The van der Waals surface area contributed by atoms with Gasteiger partial charge in [0, 0.05) is 36.1 Å².